The van der Waals surface area contributed by atoms with Gasteiger partial charge in [0.1, 0.15) is 17.7 Å². The second-order valence-corrected chi connectivity index (χ2v) is 5.36. The highest BCUT2D eigenvalue weighted by atomic mass is 16.6. The van der Waals surface area contributed by atoms with E-state index in [0.717, 1.165) is 4.90 Å². The van der Waals surface area contributed by atoms with Crippen LogP contribution in [0.1, 0.15) is 33.6 Å². The Labute approximate surface area is 111 Å². The number of hydrogen-bond donors (Lipinski definition) is 1. The van der Waals surface area contributed by atoms with Gasteiger partial charge < -0.3 is 14.6 Å². The maximum absolute atomic E-state index is 12.0. The van der Waals surface area contributed by atoms with E-state index in [1.807, 2.05) is 0 Å². The molecule has 0 unspecified atom stereocenters. The number of likely N-dealkylation sites (tertiary alicyclic amines) is 1. The summed E-state index contributed by atoms with van der Waals surface area (Å²) < 4.78 is 9.73. The summed E-state index contributed by atoms with van der Waals surface area (Å²) in [5.74, 6) is -1.79. The van der Waals surface area contributed by atoms with Crippen molar-refractivity contribution in [3.63, 3.8) is 0 Å². The fourth-order valence-corrected chi connectivity index (χ4v) is 1.99. The number of esters is 1. The topological polar surface area (TPSA) is 93.1 Å². The summed E-state index contributed by atoms with van der Waals surface area (Å²) in [5.41, 5.74) is -0.761. The minimum Gasteiger partial charge on any atom is -0.480 e. The van der Waals surface area contributed by atoms with Crippen LogP contribution >= 0.6 is 0 Å². The second kappa shape index (κ2) is 5.46. The highest BCUT2D eigenvalue weighted by Gasteiger charge is 2.46. The van der Waals surface area contributed by atoms with Gasteiger partial charge in [-0.15, -0.1) is 0 Å². The van der Waals surface area contributed by atoms with Gasteiger partial charge in [-0.3, -0.25) is 4.90 Å². The van der Waals surface area contributed by atoms with Crippen LogP contribution in [0.5, 0.6) is 0 Å². The van der Waals surface area contributed by atoms with Gasteiger partial charge in [-0.25, -0.2) is 14.4 Å². The van der Waals surface area contributed by atoms with Crippen molar-refractivity contribution in [2.45, 2.75) is 51.3 Å². The molecule has 2 atom stereocenters. The van der Waals surface area contributed by atoms with E-state index in [1.54, 1.807) is 20.8 Å². The van der Waals surface area contributed by atoms with Crippen molar-refractivity contribution in [1.29, 1.82) is 0 Å². The minimum absolute atomic E-state index is 0.203. The number of methoxy groups -OCH3 is 1. The Bertz CT molecular complexity index is 386. The van der Waals surface area contributed by atoms with Crippen LogP contribution in [0, 0.1) is 0 Å². The third-order valence-electron chi connectivity index (χ3n) is 2.75. The van der Waals surface area contributed by atoms with Crippen molar-refractivity contribution < 1.29 is 29.0 Å². The molecule has 0 aliphatic carbocycles. The molecule has 1 aliphatic heterocycles. The Kier molecular flexibility index (Phi) is 4.39. The summed E-state index contributed by atoms with van der Waals surface area (Å²) in [6.45, 7) is 5.01. The normalized spacial score (nSPS) is 23.1. The van der Waals surface area contributed by atoms with E-state index in [9.17, 15) is 14.4 Å². The summed E-state index contributed by atoms with van der Waals surface area (Å²) in [6.07, 6.45) is -0.357. The molecular weight excluding hydrogens is 254 g/mol. The second-order valence-electron chi connectivity index (χ2n) is 5.36. The molecule has 7 heteroatoms. The molecule has 0 saturated carbocycles. The number of nitrogens with zero attached hydrogens (tertiary/aromatic N) is 1. The van der Waals surface area contributed by atoms with Gasteiger partial charge in [0.05, 0.1) is 7.11 Å². The van der Waals surface area contributed by atoms with Gasteiger partial charge in [-0.1, -0.05) is 0 Å². The number of carbonyl (C=O) groups excluding carboxylic acids is 2. The van der Waals surface area contributed by atoms with E-state index >= 15 is 0 Å². The first-order chi connectivity index (χ1) is 8.67. The largest absolute Gasteiger partial charge is 0.480 e. The predicted octanol–water partition coefficient (Wildman–Crippen LogP) is 1.01. The van der Waals surface area contributed by atoms with Gasteiger partial charge in [-0.05, 0) is 33.6 Å². The van der Waals surface area contributed by atoms with E-state index < -0.39 is 35.7 Å². The molecule has 0 aromatic heterocycles. The Morgan fingerprint density at radius 2 is 1.68 bits per heavy atom. The summed E-state index contributed by atoms with van der Waals surface area (Å²) in [6, 6.07) is -1.96. The zero-order valence-corrected chi connectivity index (χ0v) is 11.5. The first-order valence-corrected chi connectivity index (χ1v) is 5.99. The molecule has 7 nitrogen and oxygen atoms in total. The number of carbonyl (C=O) groups is 3. The first-order valence-electron chi connectivity index (χ1n) is 5.99. The van der Waals surface area contributed by atoms with Gasteiger partial charge >= 0.3 is 18.0 Å². The quantitative estimate of drug-likeness (QED) is 0.755. The van der Waals surface area contributed by atoms with E-state index in [1.165, 1.54) is 7.11 Å². The van der Waals surface area contributed by atoms with Crippen molar-refractivity contribution in [3.05, 3.63) is 0 Å². The molecule has 1 N–H and O–H groups in total. The SMILES string of the molecule is COC(=O)[C@@H]1CC[C@@H](C(=O)O)N1C(=O)OC(C)(C)C. The lowest BCUT2D eigenvalue weighted by Crippen LogP contribution is -2.50. The van der Waals surface area contributed by atoms with Crippen molar-refractivity contribution in [1.82, 2.24) is 4.90 Å². The van der Waals surface area contributed by atoms with E-state index in [4.69, 9.17) is 9.84 Å². The fraction of sp³-hybridized carbons (Fsp3) is 0.750. The monoisotopic (exact) mass is 273 g/mol. The summed E-state index contributed by atoms with van der Waals surface area (Å²) in [7, 11) is 1.20. The molecule has 0 bridgehead atoms. The Hall–Kier alpha value is -1.79. The van der Waals surface area contributed by atoms with Gasteiger partial charge in [0.25, 0.3) is 0 Å². The number of hydrogen-bond acceptors (Lipinski definition) is 5. The Balaban J connectivity index is 2.95. The van der Waals surface area contributed by atoms with Gasteiger partial charge in [0.2, 0.25) is 0 Å². The van der Waals surface area contributed by atoms with Crippen molar-refractivity contribution in [3.8, 4) is 0 Å². The van der Waals surface area contributed by atoms with Crippen LogP contribution in [0.4, 0.5) is 4.79 Å². The summed E-state index contributed by atoms with van der Waals surface area (Å²) in [5, 5.41) is 9.10. The van der Waals surface area contributed by atoms with Crippen LogP contribution in [-0.2, 0) is 19.1 Å². The molecule has 1 fully saturated rings. The molecule has 1 rings (SSSR count). The average molecular weight is 273 g/mol. The molecule has 1 aliphatic rings. The molecule has 1 saturated heterocycles. The fourth-order valence-electron chi connectivity index (χ4n) is 1.99. The van der Waals surface area contributed by atoms with Gasteiger partial charge in [-0.2, -0.15) is 0 Å². The zero-order chi connectivity index (χ0) is 14.8. The third kappa shape index (κ3) is 3.59. The molecule has 0 radical (unpaired) electrons. The smallest absolute Gasteiger partial charge is 0.411 e. The highest BCUT2D eigenvalue weighted by Crippen LogP contribution is 2.27. The predicted molar refractivity (Wildman–Crippen MR) is 64.5 cm³/mol. The number of carboxylic acid groups (broad SMARTS) is 1. The highest BCUT2D eigenvalue weighted by molar-refractivity contribution is 5.87. The van der Waals surface area contributed by atoms with Gasteiger partial charge in [0.15, 0.2) is 0 Å². The molecule has 0 aromatic carbocycles. The molecule has 1 heterocycles. The standard InChI is InChI=1S/C12H19NO6/c1-12(2,3)19-11(17)13-7(9(14)15)5-6-8(13)10(16)18-4/h7-8H,5-6H2,1-4H3,(H,14,15)/t7-,8-/m0/s1. The Morgan fingerprint density at radius 3 is 2.11 bits per heavy atom. The molecule has 1 amide bonds. The number of aliphatic carboxylic acids is 1. The molecule has 0 spiro atoms. The van der Waals surface area contributed by atoms with Crippen LogP contribution in [0.15, 0.2) is 0 Å². The number of amides is 1. The number of rotatable bonds is 2. The van der Waals surface area contributed by atoms with Crippen LogP contribution < -0.4 is 0 Å². The maximum Gasteiger partial charge on any atom is 0.411 e. The van der Waals surface area contributed by atoms with Crippen LogP contribution in [0.3, 0.4) is 0 Å². The number of ether oxygens (including phenoxy) is 2. The van der Waals surface area contributed by atoms with Crippen molar-refractivity contribution in [2.75, 3.05) is 7.11 Å². The maximum atomic E-state index is 12.0. The van der Waals surface area contributed by atoms with E-state index in [-0.39, 0.29) is 12.8 Å². The molecule has 0 aromatic rings. The third-order valence-corrected chi connectivity index (χ3v) is 2.75. The summed E-state index contributed by atoms with van der Waals surface area (Å²) in [4.78, 5) is 35.7. The lowest BCUT2D eigenvalue weighted by Gasteiger charge is -2.29. The van der Waals surface area contributed by atoms with Gasteiger partial charge in [0, 0.05) is 0 Å². The van der Waals surface area contributed by atoms with Crippen molar-refractivity contribution >= 4 is 18.0 Å². The minimum atomic E-state index is -1.16. The van der Waals surface area contributed by atoms with Crippen LogP contribution in [0.2, 0.25) is 0 Å². The Morgan fingerprint density at radius 1 is 1.16 bits per heavy atom. The number of carboxylic acids is 1. The molecule has 108 valence electrons. The molecular formula is C12H19NO6. The van der Waals surface area contributed by atoms with Crippen LogP contribution in [0.25, 0.3) is 0 Å². The van der Waals surface area contributed by atoms with E-state index in [2.05, 4.69) is 4.74 Å². The summed E-state index contributed by atoms with van der Waals surface area (Å²) >= 11 is 0. The zero-order valence-electron chi connectivity index (χ0n) is 11.5. The molecule has 19 heavy (non-hydrogen) atoms. The first kappa shape index (κ1) is 15.3. The van der Waals surface area contributed by atoms with Crippen LogP contribution in [-0.4, -0.2) is 52.8 Å². The lowest BCUT2D eigenvalue weighted by molar-refractivity contribution is -0.148. The lowest BCUT2D eigenvalue weighted by atomic mass is 10.2. The average Bonchev–Trinajstić information content (AvgIpc) is 2.70. The van der Waals surface area contributed by atoms with Crippen molar-refractivity contribution in [2.24, 2.45) is 0 Å². The van der Waals surface area contributed by atoms with E-state index in [0.29, 0.717) is 0 Å².